The maximum absolute atomic E-state index is 6.55. The number of anilines is 2. The second-order valence-corrected chi connectivity index (χ2v) is 11.1. The van der Waals surface area contributed by atoms with E-state index in [0.717, 1.165) is 49.8 Å². The normalized spacial score (nSPS) is 13.6. The smallest absolute Gasteiger partial charge is 0.143 e. The van der Waals surface area contributed by atoms with Gasteiger partial charge in [-0.2, -0.15) is 0 Å². The van der Waals surface area contributed by atoms with E-state index in [1.54, 1.807) is 0 Å². The van der Waals surface area contributed by atoms with Crippen LogP contribution in [0.25, 0.3) is 55.0 Å². The van der Waals surface area contributed by atoms with Gasteiger partial charge in [-0.1, -0.05) is 105 Å². The first-order valence-corrected chi connectivity index (χ1v) is 13.5. The SMILES string of the molecule is CC1(C)c2ccccc2-c2cc(Nc3ccc(-c4cccc5c4oc4c6ccccc6ccc54)cc3)ccc21. The Morgan fingerprint density at radius 1 is 0.513 bits per heavy atom. The number of fused-ring (bicyclic) bond motifs is 8. The number of furan rings is 1. The lowest BCUT2D eigenvalue weighted by molar-refractivity contribution is 0.660. The van der Waals surface area contributed by atoms with E-state index in [1.807, 2.05) is 0 Å². The Labute approximate surface area is 227 Å². The van der Waals surface area contributed by atoms with Crippen molar-refractivity contribution in [2.75, 3.05) is 5.32 Å². The van der Waals surface area contributed by atoms with Gasteiger partial charge in [-0.3, -0.25) is 0 Å². The predicted molar refractivity (Wildman–Crippen MR) is 164 cm³/mol. The van der Waals surface area contributed by atoms with E-state index in [0.29, 0.717) is 0 Å². The van der Waals surface area contributed by atoms with Crippen LogP contribution in [0.2, 0.25) is 0 Å². The predicted octanol–water partition coefficient (Wildman–Crippen LogP) is 10.5. The Morgan fingerprint density at radius 2 is 1.21 bits per heavy atom. The fourth-order valence-electron chi connectivity index (χ4n) is 6.45. The van der Waals surface area contributed by atoms with Crippen LogP contribution in [0.15, 0.2) is 126 Å². The van der Waals surface area contributed by atoms with E-state index >= 15 is 0 Å². The van der Waals surface area contributed by atoms with Gasteiger partial charge in [0.05, 0.1) is 0 Å². The van der Waals surface area contributed by atoms with Crippen molar-refractivity contribution in [1.82, 2.24) is 0 Å². The first-order valence-electron chi connectivity index (χ1n) is 13.5. The van der Waals surface area contributed by atoms with E-state index in [4.69, 9.17) is 4.42 Å². The third-order valence-corrected chi connectivity index (χ3v) is 8.46. The monoisotopic (exact) mass is 501 g/mol. The molecule has 1 heterocycles. The summed E-state index contributed by atoms with van der Waals surface area (Å²) in [5, 5.41) is 8.28. The molecule has 1 aliphatic rings. The molecule has 0 saturated heterocycles. The summed E-state index contributed by atoms with van der Waals surface area (Å²) in [5.74, 6) is 0. The summed E-state index contributed by atoms with van der Waals surface area (Å²) < 4.78 is 6.55. The molecule has 0 saturated carbocycles. The highest BCUT2D eigenvalue weighted by atomic mass is 16.3. The van der Waals surface area contributed by atoms with Crippen molar-refractivity contribution in [1.29, 1.82) is 0 Å². The third-order valence-electron chi connectivity index (χ3n) is 8.46. The number of benzene rings is 6. The number of nitrogens with one attached hydrogen (secondary N) is 1. The van der Waals surface area contributed by atoms with Crippen LogP contribution in [-0.2, 0) is 5.41 Å². The summed E-state index contributed by atoms with van der Waals surface area (Å²) >= 11 is 0. The van der Waals surface area contributed by atoms with Crippen molar-refractivity contribution < 1.29 is 4.42 Å². The molecule has 0 aliphatic heterocycles. The van der Waals surface area contributed by atoms with Gasteiger partial charge in [-0.25, -0.2) is 0 Å². The molecular formula is C37H27NO. The lowest BCUT2D eigenvalue weighted by Crippen LogP contribution is -2.14. The summed E-state index contributed by atoms with van der Waals surface area (Å²) in [5.41, 5.74) is 11.8. The van der Waals surface area contributed by atoms with Gasteiger partial charge in [0.2, 0.25) is 0 Å². The molecule has 0 spiro atoms. The van der Waals surface area contributed by atoms with Crippen LogP contribution in [0, 0.1) is 0 Å². The van der Waals surface area contributed by atoms with Crippen molar-refractivity contribution in [3.05, 3.63) is 132 Å². The Kier molecular flexibility index (Phi) is 4.60. The van der Waals surface area contributed by atoms with Crippen LogP contribution in [-0.4, -0.2) is 0 Å². The second kappa shape index (κ2) is 8.09. The molecule has 0 radical (unpaired) electrons. The summed E-state index contributed by atoms with van der Waals surface area (Å²) in [6.45, 7) is 4.63. The van der Waals surface area contributed by atoms with Crippen LogP contribution < -0.4 is 5.32 Å². The standard InChI is InChI=1S/C37H27NO/c1-37(2)33-13-6-5-10-29(33)32-22-26(19-21-34(32)37)38-25-17-14-24(15-18-25)28-11-7-12-30-31-20-16-23-8-3-4-9-27(23)36(31)39-35(28)30/h3-22,38H,1-2H3. The molecule has 186 valence electrons. The van der Waals surface area contributed by atoms with Gasteiger partial charge in [0.1, 0.15) is 11.2 Å². The highest BCUT2D eigenvalue weighted by Crippen LogP contribution is 2.49. The molecule has 0 atom stereocenters. The largest absolute Gasteiger partial charge is 0.455 e. The minimum atomic E-state index is 0.0239. The zero-order valence-corrected chi connectivity index (χ0v) is 22.0. The van der Waals surface area contributed by atoms with Gasteiger partial charge in [0.15, 0.2) is 0 Å². The Balaban J connectivity index is 1.15. The highest BCUT2D eigenvalue weighted by molar-refractivity contribution is 6.17. The molecule has 0 bridgehead atoms. The maximum atomic E-state index is 6.55. The lowest BCUT2D eigenvalue weighted by atomic mass is 9.82. The summed E-state index contributed by atoms with van der Waals surface area (Å²) in [6, 6.07) is 43.4. The molecule has 39 heavy (non-hydrogen) atoms. The first-order chi connectivity index (χ1) is 19.1. The van der Waals surface area contributed by atoms with Crippen molar-refractivity contribution in [2.24, 2.45) is 0 Å². The number of rotatable bonds is 3. The van der Waals surface area contributed by atoms with E-state index < -0.39 is 0 Å². The third kappa shape index (κ3) is 3.28. The molecule has 6 aromatic carbocycles. The van der Waals surface area contributed by atoms with Crippen LogP contribution in [0.4, 0.5) is 11.4 Å². The van der Waals surface area contributed by atoms with Crippen LogP contribution in [0.5, 0.6) is 0 Å². The molecule has 0 fully saturated rings. The number of hydrogen-bond acceptors (Lipinski definition) is 2. The van der Waals surface area contributed by atoms with E-state index in [-0.39, 0.29) is 5.41 Å². The summed E-state index contributed by atoms with van der Waals surface area (Å²) in [6.07, 6.45) is 0. The minimum Gasteiger partial charge on any atom is -0.455 e. The van der Waals surface area contributed by atoms with Gasteiger partial charge in [0, 0.05) is 38.5 Å². The molecule has 2 heteroatoms. The molecule has 1 aromatic heterocycles. The van der Waals surface area contributed by atoms with Gasteiger partial charge in [-0.05, 0) is 63.5 Å². The highest BCUT2D eigenvalue weighted by Gasteiger charge is 2.35. The Bertz CT molecular complexity index is 2060. The molecule has 0 amide bonds. The van der Waals surface area contributed by atoms with Crippen molar-refractivity contribution in [3.8, 4) is 22.3 Å². The van der Waals surface area contributed by atoms with Gasteiger partial charge >= 0.3 is 0 Å². The molecule has 1 aliphatic carbocycles. The minimum absolute atomic E-state index is 0.0239. The lowest BCUT2D eigenvalue weighted by Gasteiger charge is -2.21. The summed E-state index contributed by atoms with van der Waals surface area (Å²) in [4.78, 5) is 0. The van der Waals surface area contributed by atoms with Gasteiger partial charge in [0.25, 0.3) is 0 Å². The maximum Gasteiger partial charge on any atom is 0.143 e. The summed E-state index contributed by atoms with van der Waals surface area (Å²) in [7, 11) is 0. The first kappa shape index (κ1) is 22.2. The van der Waals surface area contributed by atoms with Crippen molar-refractivity contribution >= 4 is 44.1 Å². The van der Waals surface area contributed by atoms with E-state index in [1.165, 1.54) is 27.6 Å². The van der Waals surface area contributed by atoms with Crippen LogP contribution >= 0.6 is 0 Å². The quantitative estimate of drug-likeness (QED) is 0.260. The van der Waals surface area contributed by atoms with Gasteiger partial charge < -0.3 is 9.73 Å². The average Bonchev–Trinajstić information content (AvgIpc) is 3.47. The Morgan fingerprint density at radius 3 is 2.10 bits per heavy atom. The average molecular weight is 502 g/mol. The molecular weight excluding hydrogens is 474 g/mol. The zero-order valence-electron chi connectivity index (χ0n) is 22.0. The van der Waals surface area contributed by atoms with Crippen LogP contribution in [0.1, 0.15) is 25.0 Å². The van der Waals surface area contributed by atoms with Gasteiger partial charge in [-0.15, -0.1) is 0 Å². The van der Waals surface area contributed by atoms with E-state index in [9.17, 15) is 0 Å². The van der Waals surface area contributed by atoms with E-state index in [2.05, 4.69) is 140 Å². The fraction of sp³-hybridized carbons (Fsp3) is 0.0811. The molecule has 7 aromatic rings. The number of para-hydroxylation sites is 1. The van der Waals surface area contributed by atoms with Crippen molar-refractivity contribution in [3.63, 3.8) is 0 Å². The fourth-order valence-corrected chi connectivity index (χ4v) is 6.45. The molecule has 8 rings (SSSR count). The second-order valence-electron chi connectivity index (χ2n) is 11.1. The van der Waals surface area contributed by atoms with Crippen molar-refractivity contribution in [2.45, 2.75) is 19.3 Å². The molecule has 2 nitrogen and oxygen atoms in total. The van der Waals surface area contributed by atoms with Crippen LogP contribution in [0.3, 0.4) is 0 Å². The molecule has 1 N–H and O–H groups in total. The topological polar surface area (TPSA) is 25.2 Å². The Hall–Kier alpha value is -4.82. The zero-order chi connectivity index (χ0) is 26.1. The number of hydrogen-bond donors (Lipinski definition) is 1. The molecule has 0 unspecified atom stereocenters.